The summed E-state index contributed by atoms with van der Waals surface area (Å²) in [4.78, 5) is 0. The highest BCUT2D eigenvalue weighted by Crippen LogP contribution is 2.36. The summed E-state index contributed by atoms with van der Waals surface area (Å²) >= 11 is 5.88. The molecular weight excluding hydrogens is 272 g/mol. The van der Waals surface area contributed by atoms with Crippen molar-refractivity contribution < 1.29 is 9.52 Å². The highest BCUT2D eigenvalue weighted by atomic mass is 35.5. The minimum absolute atomic E-state index is 0.350. The first kappa shape index (κ1) is 13.2. The van der Waals surface area contributed by atoms with Crippen LogP contribution < -0.4 is 0 Å². The zero-order chi connectivity index (χ0) is 14.0. The average Bonchev–Trinajstić information content (AvgIpc) is 2.93. The summed E-state index contributed by atoms with van der Waals surface area (Å²) in [5.41, 5.74) is 0.369. The van der Waals surface area contributed by atoms with Crippen molar-refractivity contribution in [2.24, 2.45) is 0 Å². The number of aliphatic hydroxyl groups is 1. The Morgan fingerprint density at radius 2 is 1.70 bits per heavy atom. The molecule has 0 aliphatic rings. The van der Waals surface area contributed by atoms with Gasteiger partial charge in [0.2, 0.25) is 0 Å². The molecule has 0 saturated carbocycles. The predicted molar refractivity (Wildman–Crippen MR) is 81.0 cm³/mol. The van der Waals surface area contributed by atoms with Crippen LogP contribution in [0.15, 0.2) is 65.1 Å². The molecule has 0 saturated heterocycles. The molecule has 2 aromatic carbocycles. The van der Waals surface area contributed by atoms with Crippen LogP contribution in [0.3, 0.4) is 0 Å². The lowest BCUT2D eigenvalue weighted by Crippen LogP contribution is -2.27. The van der Waals surface area contributed by atoms with Crippen LogP contribution in [0.2, 0.25) is 0 Å². The molecule has 0 fully saturated rings. The fourth-order valence-corrected chi connectivity index (χ4v) is 2.72. The second-order valence-electron chi connectivity index (χ2n) is 4.81. The van der Waals surface area contributed by atoms with E-state index in [1.165, 1.54) is 0 Å². The smallest absolute Gasteiger partial charge is 0.148 e. The molecule has 0 bridgehead atoms. The van der Waals surface area contributed by atoms with Crippen LogP contribution in [-0.4, -0.2) is 11.0 Å². The second-order valence-corrected chi connectivity index (χ2v) is 5.19. The number of benzene rings is 2. The normalized spacial score (nSPS) is 14.3. The molecule has 1 atom stereocenters. The minimum Gasteiger partial charge on any atom is -0.458 e. The standard InChI is InChI=1S/C17H15ClO2/c18-11-10-17(19,14-7-2-1-3-8-14)16-12-13-6-4-5-9-15(13)20-16/h1-9,12,19H,10-11H2. The maximum atomic E-state index is 11.1. The van der Waals surface area contributed by atoms with Crippen molar-refractivity contribution in [1.29, 1.82) is 0 Å². The Balaban J connectivity index is 2.14. The summed E-state index contributed by atoms with van der Waals surface area (Å²) in [5.74, 6) is 0.883. The average molecular weight is 287 g/mol. The van der Waals surface area contributed by atoms with Crippen LogP contribution in [-0.2, 0) is 5.60 Å². The summed E-state index contributed by atoms with van der Waals surface area (Å²) < 4.78 is 5.83. The molecule has 2 nitrogen and oxygen atoms in total. The lowest BCUT2D eigenvalue weighted by molar-refractivity contribution is 0.0553. The van der Waals surface area contributed by atoms with Gasteiger partial charge in [0.05, 0.1) is 0 Å². The van der Waals surface area contributed by atoms with Gasteiger partial charge in [0.25, 0.3) is 0 Å². The fourth-order valence-electron chi connectivity index (χ4n) is 2.45. The maximum absolute atomic E-state index is 11.1. The van der Waals surface area contributed by atoms with Crippen LogP contribution in [0.1, 0.15) is 17.7 Å². The molecule has 0 spiro atoms. The van der Waals surface area contributed by atoms with E-state index in [4.69, 9.17) is 16.0 Å². The first-order valence-electron chi connectivity index (χ1n) is 6.57. The van der Waals surface area contributed by atoms with E-state index >= 15 is 0 Å². The van der Waals surface area contributed by atoms with Gasteiger partial charge in [-0.15, -0.1) is 11.6 Å². The zero-order valence-electron chi connectivity index (χ0n) is 10.9. The molecule has 0 amide bonds. The van der Waals surface area contributed by atoms with Gasteiger partial charge >= 0.3 is 0 Å². The van der Waals surface area contributed by atoms with Gasteiger partial charge in [0, 0.05) is 17.7 Å². The molecule has 3 heteroatoms. The van der Waals surface area contributed by atoms with E-state index in [9.17, 15) is 5.11 Å². The first-order valence-corrected chi connectivity index (χ1v) is 7.10. The van der Waals surface area contributed by atoms with Crippen LogP contribution in [0.5, 0.6) is 0 Å². The third kappa shape index (κ3) is 2.21. The largest absolute Gasteiger partial charge is 0.458 e. The molecule has 0 radical (unpaired) electrons. The summed E-state index contributed by atoms with van der Waals surface area (Å²) in [6.07, 6.45) is 0.401. The SMILES string of the molecule is OC(CCCl)(c1ccccc1)c1cc2ccccc2o1. The van der Waals surface area contributed by atoms with Gasteiger partial charge in [0.1, 0.15) is 16.9 Å². The van der Waals surface area contributed by atoms with Crippen LogP contribution in [0.25, 0.3) is 11.0 Å². The third-order valence-corrected chi connectivity index (χ3v) is 3.73. The molecule has 1 aromatic heterocycles. The van der Waals surface area contributed by atoms with Crippen molar-refractivity contribution in [2.75, 3.05) is 5.88 Å². The van der Waals surface area contributed by atoms with Gasteiger partial charge in [-0.05, 0) is 17.7 Å². The lowest BCUT2D eigenvalue weighted by Gasteiger charge is -2.25. The van der Waals surface area contributed by atoms with Crippen molar-refractivity contribution in [2.45, 2.75) is 12.0 Å². The number of hydrogen-bond acceptors (Lipinski definition) is 2. The number of alkyl halides is 1. The van der Waals surface area contributed by atoms with Gasteiger partial charge in [-0.25, -0.2) is 0 Å². The summed E-state index contributed by atoms with van der Waals surface area (Å²) in [6.45, 7) is 0. The minimum atomic E-state index is -1.19. The van der Waals surface area contributed by atoms with E-state index in [0.29, 0.717) is 18.1 Å². The van der Waals surface area contributed by atoms with Gasteiger partial charge in [-0.1, -0.05) is 48.5 Å². The number of halogens is 1. The van der Waals surface area contributed by atoms with Gasteiger partial charge in [0.15, 0.2) is 0 Å². The van der Waals surface area contributed by atoms with E-state index in [-0.39, 0.29) is 0 Å². The van der Waals surface area contributed by atoms with Gasteiger partial charge in [-0.2, -0.15) is 0 Å². The highest BCUT2D eigenvalue weighted by molar-refractivity contribution is 6.17. The van der Waals surface area contributed by atoms with Crippen molar-refractivity contribution in [1.82, 2.24) is 0 Å². The van der Waals surface area contributed by atoms with E-state index in [0.717, 1.165) is 16.5 Å². The van der Waals surface area contributed by atoms with Crippen LogP contribution >= 0.6 is 11.6 Å². The Kier molecular flexibility index (Phi) is 3.51. The molecular formula is C17H15ClO2. The van der Waals surface area contributed by atoms with Crippen molar-refractivity contribution >= 4 is 22.6 Å². The summed E-state index contributed by atoms with van der Waals surface area (Å²) in [5, 5.41) is 12.1. The van der Waals surface area contributed by atoms with Crippen LogP contribution in [0.4, 0.5) is 0 Å². The van der Waals surface area contributed by atoms with E-state index in [2.05, 4.69) is 0 Å². The zero-order valence-corrected chi connectivity index (χ0v) is 11.7. The monoisotopic (exact) mass is 286 g/mol. The Morgan fingerprint density at radius 3 is 2.40 bits per heavy atom. The van der Waals surface area contributed by atoms with E-state index in [1.807, 2.05) is 60.7 Å². The number of rotatable bonds is 4. The molecule has 1 heterocycles. The Labute approximate surface area is 122 Å². The molecule has 20 heavy (non-hydrogen) atoms. The quantitative estimate of drug-likeness (QED) is 0.726. The lowest BCUT2D eigenvalue weighted by atomic mass is 9.88. The van der Waals surface area contributed by atoms with E-state index < -0.39 is 5.60 Å². The molecule has 3 rings (SSSR count). The third-order valence-electron chi connectivity index (χ3n) is 3.54. The molecule has 0 aliphatic heterocycles. The Hall–Kier alpha value is -1.77. The molecule has 102 valence electrons. The maximum Gasteiger partial charge on any atom is 0.148 e. The molecule has 3 aromatic rings. The van der Waals surface area contributed by atoms with Crippen molar-refractivity contribution in [3.63, 3.8) is 0 Å². The topological polar surface area (TPSA) is 33.4 Å². The predicted octanol–water partition coefficient (Wildman–Crippen LogP) is 4.30. The Bertz CT molecular complexity index is 672. The highest BCUT2D eigenvalue weighted by Gasteiger charge is 2.34. The first-order chi connectivity index (χ1) is 9.74. The van der Waals surface area contributed by atoms with Gasteiger partial charge < -0.3 is 9.52 Å². The number of fused-ring (bicyclic) bond motifs is 1. The summed E-state index contributed by atoms with van der Waals surface area (Å²) in [7, 11) is 0. The number of para-hydroxylation sites is 1. The van der Waals surface area contributed by atoms with Crippen molar-refractivity contribution in [3.8, 4) is 0 Å². The van der Waals surface area contributed by atoms with E-state index in [1.54, 1.807) is 0 Å². The fraction of sp³-hybridized carbons (Fsp3) is 0.176. The summed E-state index contributed by atoms with van der Waals surface area (Å²) in [6, 6.07) is 19.1. The van der Waals surface area contributed by atoms with Crippen LogP contribution in [0, 0.1) is 0 Å². The Morgan fingerprint density at radius 1 is 1.00 bits per heavy atom. The molecule has 1 N–H and O–H groups in total. The van der Waals surface area contributed by atoms with Gasteiger partial charge in [-0.3, -0.25) is 0 Å². The molecule has 1 unspecified atom stereocenters. The second kappa shape index (κ2) is 5.31. The van der Waals surface area contributed by atoms with Crippen molar-refractivity contribution in [3.05, 3.63) is 72.0 Å². The number of hydrogen-bond donors (Lipinski definition) is 1. The number of furan rings is 1. The molecule has 0 aliphatic carbocycles.